The van der Waals surface area contributed by atoms with E-state index in [1.807, 2.05) is 0 Å². The molecule has 0 unspecified atom stereocenters. The Kier molecular flexibility index (Phi) is 7.66. The molecule has 0 atom stereocenters. The van der Waals surface area contributed by atoms with Crippen LogP contribution in [0.15, 0.2) is 30.3 Å². The molecule has 1 aromatic rings. The molecule has 0 spiro atoms. The third-order valence-corrected chi connectivity index (χ3v) is 2.60. The first kappa shape index (κ1) is 11.6. The standard InChI is InChI=1S/C8H11P.ClH.Pd/c1-9(2)8-6-4-3-5-7-8;;/h3-7H,1-2H3;1H;/q;;+1/p-1. The molecule has 3 heteroatoms. The Bertz CT molecular complexity index is 177. The van der Waals surface area contributed by atoms with Gasteiger partial charge >= 0.3 is 27.7 Å². The van der Waals surface area contributed by atoms with Crippen LogP contribution in [0, 0.1) is 0 Å². The Morgan fingerprint density at radius 1 is 1.09 bits per heavy atom. The number of benzene rings is 1. The number of hydrogen-bond donors (Lipinski definition) is 0. The monoisotopic (exact) mass is 279 g/mol. The second-order valence-electron chi connectivity index (χ2n) is 2.23. The molecule has 1 rings (SSSR count). The Morgan fingerprint density at radius 2 is 1.55 bits per heavy atom. The van der Waals surface area contributed by atoms with Crippen LogP contribution in [-0.4, -0.2) is 13.3 Å². The van der Waals surface area contributed by atoms with Gasteiger partial charge in [-0.15, -0.1) is 0 Å². The molecule has 0 nitrogen and oxygen atoms in total. The van der Waals surface area contributed by atoms with Crippen molar-refractivity contribution in [1.82, 2.24) is 0 Å². The topological polar surface area (TPSA) is 0 Å². The quantitative estimate of drug-likeness (QED) is 0.548. The maximum absolute atomic E-state index is 4.49. The number of hydrogen-bond acceptors (Lipinski definition) is 0. The van der Waals surface area contributed by atoms with E-state index in [1.165, 1.54) is 5.30 Å². The summed E-state index contributed by atoms with van der Waals surface area (Å²) in [5, 5.41) is 1.48. The summed E-state index contributed by atoms with van der Waals surface area (Å²) in [6, 6.07) is 10.6. The zero-order valence-electron chi connectivity index (χ0n) is 6.53. The van der Waals surface area contributed by atoms with Crippen molar-refractivity contribution in [3.63, 3.8) is 0 Å². The zero-order valence-corrected chi connectivity index (χ0v) is 9.73. The van der Waals surface area contributed by atoms with Crippen LogP contribution >= 0.6 is 17.5 Å². The Hall–Kier alpha value is 0.602. The summed E-state index contributed by atoms with van der Waals surface area (Å²) in [7, 11) is 4.59. The van der Waals surface area contributed by atoms with Crippen LogP contribution in [0.1, 0.15) is 0 Å². The molecule has 0 amide bonds. The molecule has 0 radical (unpaired) electrons. The SMILES string of the molecule is CP(C)c1ccccc1.[Cl][Pd]. The van der Waals surface area contributed by atoms with Crippen LogP contribution < -0.4 is 5.30 Å². The average Bonchev–Trinajstić information content (AvgIpc) is 2.10. The van der Waals surface area contributed by atoms with Crippen LogP contribution in [0.25, 0.3) is 0 Å². The van der Waals surface area contributed by atoms with E-state index in [-0.39, 0.29) is 7.92 Å². The zero-order chi connectivity index (χ0) is 8.69. The normalized spacial score (nSPS) is 8.91. The van der Waals surface area contributed by atoms with Crippen LogP contribution in [0.2, 0.25) is 0 Å². The molecule has 0 N–H and O–H groups in total. The van der Waals surface area contributed by atoms with Gasteiger partial charge in [0, 0.05) is 0 Å². The first-order valence-electron chi connectivity index (χ1n) is 3.15. The van der Waals surface area contributed by atoms with E-state index in [1.54, 1.807) is 0 Å². The molecule has 0 fully saturated rings. The molecule has 0 aliphatic carbocycles. The van der Waals surface area contributed by atoms with Crippen molar-refractivity contribution in [3.05, 3.63) is 30.3 Å². The van der Waals surface area contributed by atoms with E-state index in [0.29, 0.717) is 0 Å². The van der Waals surface area contributed by atoms with Gasteiger partial charge < -0.3 is 0 Å². The van der Waals surface area contributed by atoms with Crippen LogP contribution in [0.3, 0.4) is 0 Å². The second-order valence-corrected chi connectivity index (χ2v) is 4.54. The molecule has 11 heavy (non-hydrogen) atoms. The van der Waals surface area contributed by atoms with Gasteiger partial charge in [-0.25, -0.2) is 0 Å². The van der Waals surface area contributed by atoms with Crippen LogP contribution in [-0.2, 0) is 18.2 Å². The molecular weight excluding hydrogens is 269 g/mol. The van der Waals surface area contributed by atoms with Crippen molar-refractivity contribution in [1.29, 1.82) is 0 Å². The summed E-state index contributed by atoms with van der Waals surface area (Å²) in [6.45, 7) is 4.54. The maximum atomic E-state index is 4.49. The minimum absolute atomic E-state index is 0.104. The summed E-state index contributed by atoms with van der Waals surface area (Å²) in [4.78, 5) is 0. The first-order valence-corrected chi connectivity index (χ1v) is 7.39. The van der Waals surface area contributed by atoms with E-state index in [0.717, 1.165) is 0 Å². The molecule has 0 bridgehead atoms. The van der Waals surface area contributed by atoms with E-state index >= 15 is 0 Å². The number of rotatable bonds is 1. The van der Waals surface area contributed by atoms with E-state index in [2.05, 4.69) is 71.4 Å². The summed E-state index contributed by atoms with van der Waals surface area (Å²) < 4.78 is 0. The molecule has 0 saturated heterocycles. The van der Waals surface area contributed by atoms with Gasteiger partial charge in [0.25, 0.3) is 0 Å². The molecule has 0 aromatic heterocycles. The van der Waals surface area contributed by atoms with Crippen molar-refractivity contribution in [3.8, 4) is 0 Å². The van der Waals surface area contributed by atoms with E-state index in [9.17, 15) is 0 Å². The van der Waals surface area contributed by atoms with Gasteiger partial charge in [-0.3, -0.25) is 0 Å². The Labute approximate surface area is 84.5 Å². The molecule has 0 saturated carbocycles. The molecule has 65 valence electrons. The van der Waals surface area contributed by atoms with Gasteiger partial charge in [0.2, 0.25) is 0 Å². The molecule has 0 aliphatic heterocycles. The summed E-state index contributed by atoms with van der Waals surface area (Å²) in [5.74, 6) is 0. The van der Waals surface area contributed by atoms with Gasteiger partial charge in [0.05, 0.1) is 0 Å². The number of halogens is 1. The predicted molar refractivity (Wildman–Crippen MR) is 50.7 cm³/mol. The third kappa shape index (κ3) is 4.94. The fourth-order valence-corrected chi connectivity index (χ4v) is 1.49. The third-order valence-electron chi connectivity index (χ3n) is 1.27. The van der Waals surface area contributed by atoms with Crippen molar-refractivity contribution >= 4 is 22.8 Å². The van der Waals surface area contributed by atoms with Crippen LogP contribution in [0.4, 0.5) is 0 Å². The fraction of sp³-hybridized carbons (Fsp3) is 0.250. The predicted octanol–water partition coefficient (Wildman–Crippen LogP) is 2.74. The summed E-state index contributed by atoms with van der Waals surface area (Å²) in [6.07, 6.45) is 0. The van der Waals surface area contributed by atoms with Gasteiger partial charge in [-0.05, 0) is 18.6 Å². The van der Waals surface area contributed by atoms with Crippen LogP contribution in [0.5, 0.6) is 0 Å². The van der Waals surface area contributed by atoms with Crippen molar-refractivity contribution in [2.75, 3.05) is 13.3 Å². The summed E-state index contributed by atoms with van der Waals surface area (Å²) >= 11 is 2.22. The van der Waals surface area contributed by atoms with Gasteiger partial charge in [-0.2, -0.15) is 0 Å². The molecule has 0 aliphatic rings. The second kappa shape index (κ2) is 7.26. The average molecular weight is 280 g/mol. The van der Waals surface area contributed by atoms with E-state index < -0.39 is 0 Å². The van der Waals surface area contributed by atoms with Gasteiger partial charge in [0.15, 0.2) is 0 Å². The summed E-state index contributed by atoms with van der Waals surface area (Å²) in [5.41, 5.74) is 0. The van der Waals surface area contributed by atoms with Gasteiger partial charge in [-0.1, -0.05) is 38.3 Å². The van der Waals surface area contributed by atoms with Crippen molar-refractivity contribution in [2.24, 2.45) is 0 Å². The molecule has 1 aromatic carbocycles. The minimum atomic E-state index is 0.104. The van der Waals surface area contributed by atoms with Crippen molar-refractivity contribution in [2.45, 2.75) is 0 Å². The Balaban J connectivity index is 0.000000461. The fourth-order valence-electron chi connectivity index (χ4n) is 0.726. The first-order chi connectivity index (χ1) is 5.30. The van der Waals surface area contributed by atoms with Gasteiger partial charge in [0.1, 0.15) is 0 Å². The molecular formula is C8H11ClPPd. The molecule has 0 heterocycles. The van der Waals surface area contributed by atoms with Crippen molar-refractivity contribution < 1.29 is 18.2 Å². The van der Waals surface area contributed by atoms with E-state index in [4.69, 9.17) is 0 Å². The Morgan fingerprint density at radius 3 is 1.82 bits per heavy atom.